The summed E-state index contributed by atoms with van der Waals surface area (Å²) in [6.45, 7) is 3.97. The van der Waals surface area contributed by atoms with E-state index in [1.807, 2.05) is 13.8 Å². The molecule has 2 N–H and O–H groups in total. The maximum atomic E-state index is 13.0. The lowest BCUT2D eigenvalue weighted by atomic mass is 10.1. The molecule has 0 fully saturated rings. The molecule has 0 bridgehead atoms. The van der Waals surface area contributed by atoms with Crippen molar-refractivity contribution in [1.82, 2.24) is 20.3 Å². The van der Waals surface area contributed by atoms with Gasteiger partial charge in [-0.2, -0.15) is 0 Å². The summed E-state index contributed by atoms with van der Waals surface area (Å²) in [6.07, 6.45) is 6.35. The Kier molecular flexibility index (Phi) is 3.49. The van der Waals surface area contributed by atoms with Gasteiger partial charge in [-0.15, -0.1) is 0 Å². The summed E-state index contributed by atoms with van der Waals surface area (Å²) in [6, 6.07) is 1.57. The van der Waals surface area contributed by atoms with E-state index in [2.05, 4.69) is 20.3 Å². The lowest BCUT2D eigenvalue weighted by molar-refractivity contribution is 0.476. The Morgan fingerprint density at radius 1 is 1.29 bits per heavy atom. The Morgan fingerprint density at radius 2 is 2.12 bits per heavy atom. The van der Waals surface area contributed by atoms with Gasteiger partial charge in [0.2, 0.25) is 0 Å². The summed E-state index contributed by atoms with van der Waals surface area (Å²) >= 11 is 0. The third-order valence-electron chi connectivity index (χ3n) is 2.66. The van der Waals surface area contributed by atoms with Gasteiger partial charge >= 0.3 is 0 Å². The van der Waals surface area contributed by atoms with Gasteiger partial charge in [-0.3, -0.25) is 4.98 Å². The Hall–Kier alpha value is -1.75. The molecule has 2 aromatic rings. The minimum atomic E-state index is -0.318. The Bertz CT molecular complexity index is 469. The van der Waals surface area contributed by atoms with Crippen LogP contribution in [0.5, 0.6) is 0 Å². The molecule has 0 aromatic carbocycles. The molecule has 2 atom stereocenters. The number of aromatic amines is 1. The molecule has 2 unspecified atom stereocenters. The Labute approximate surface area is 99.3 Å². The van der Waals surface area contributed by atoms with Crippen molar-refractivity contribution in [2.75, 3.05) is 0 Å². The van der Waals surface area contributed by atoms with Crippen molar-refractivity contribution in [3.05, 3.63) is 48.1 Å². The van der Waals surface area contributed by atoms with Gasteiger partial charge in [0.1, 0.15) is 11.6 Å². The first kappa shape index (κ1) is 11.7. The number of nitrogens with zero attached hydrogens (tertiary/aromatic N) is 2. The van der Waals surface area contributed by atoms with E-state index in [1.165, 1.54) is 12.3 Å². The number of pyridine rings is 1. The minimum Gasteiger partial charge on any atom is -0.347 e. The number of hydrogen-bond acceptors (Lipinski definition) is 3. The van der Waals surface area contributed by atoms with Crippen molar-refractivity contribution >= 4 is 0 Å². The fourth-order valence-electron chi connectivity index (χ4n) is 1.73. The van der Waals surface area contributed by atoms with Crippen molar-refractivity contribution in [3.8, 4) is 0 Å². The maximum Gasteiger partial charge on any atom is 0.141 e. The standard InChI is InChI=1S/C12H15FN4/c1-8(10-5-11(13)7-14-6-10)17-9(2)12-15-3-4-16-12/h3-9,17H,1-2H3,(H,15,16). The van der Waals surface area contributed by atoms with Gasteiger partial charge in [0.05, 0.1) is 12.2 Å². The van der Waals surface area contributed by atoms with Crippen molar-refractivity contribution in [3.63, 3.8) is 0 Å². The van der Waals surface area contributed by atoms with Gasteiger partial charge in [0.15, 0.2) is 0 Å². The summed E-state index contributed by atoms with van der Waals surface area (Å²) in [5.74, 6) is 0.544. The predicted octanol–water partition coefficient (Wildman–Crippen LogP) is 2.36. The lowest BCUT2D eigenvalue weighted by Gasteiger charge is -2.18. The normalized spacial score (nSPS) is 14.5. The van der Waals surface area contributed by atoms with Crippen molar-refractivity contribution in [2.45, 2.75) is 25.9 Å². The van der Waals surface area contributed by atoms with Crippen molar-refractivity contribution in [2.24, 2.45) is 0 Å². The van der Waals surface area contributed by atoms with Gasteiger partial charge in [0, 0.05) is 24.6 Å². The van der Waals surface area contributed by atoms with Crippen LogP contribution < -0.4 is 5.32 Å². The molecule has 0 aliphatic carbocycles. The van der Waals surface area contributed by atoms with E-state index < -0.39 is 0 Å². The number of aromatic nitrogens is 3. The lowest BCUT2D eigenvalue weighted by Crippen LogP contribution is -2.23. The largest absolute Gasteiger partial charge is 0.347 e. The first-order valence-corrected chi connectivity index (χ1v) is 5.52. The zero-order chi connectivity index (χ0) is 12.3. The van der Waals surface area contributed by atoms with E-state index >= 15 is 0 Å². The second-order valence-corrected chi connectivity index (χ2v) is 4.02. The second-order valence-electron chi connectivity index (χ2n) is 4.02. The van der Waals surface area contributed by atoms with E-state index in [0.717, 1.165) is 11.4 Å². The van der Waals surface area contributed by atoms with Crippen LogP contribution >= 0.6 is 0 Å². The summed E-state index contributed by atoms with van der Waals surface area (Å²) in [5.41, 5.74) is 0.823. The number of rotatable bonds is 4. The first-order valence-electron chi connectivity index (χ1n) is 5.52. The molecule has 0 amide bonds. The molecule has 0 saturated heterocycles. The molecular formula is C12H15FN4. The van der Waals surface area contributed by atoms with Crippen molar-refractivity contribution < 1.29 is 4.39 Å². The quantitative estimate of drug-likeness (QED) is 0.853. The summed E-state index contributed by atoms with van der Waals surface area (Å²) < 4.78 is 13.0. The van der Waals surface area contributed by atoms with Crippen molar-refractivity contribution in [1.29, 1.82) is 0 Å². The molecule has 2 rings (SSSR count). The molecule has 0 radical (unpaired) electrons. The molecule has 2 aromatic heterocycles. The van der Waals surface area contributed by atoms with Gasteiger partial charge in [-0.25, -0.2) is 9.37 Å². The second kappa shape index (κ2) is 5.05. The first-order chi connectivity index (χ1) is 8.16. The van der Waals surface area contributed by atoms with E-state index in [4.69, 9.17) is 0 Å². The highest BCUT2D eigenvalue weighted by molar-refractivity contribution is 5.14. The zero-order valence-corrected chi connectivity index (χ0v) is 9.81. The smallest absolute Gasteiger partial charge is 0.141 e. The highest BCUT2D eigenvalue weighted by Crippen LogP contribution is 2.16. The number of hydrogen-bond donors (Lipinski definition) is 2. The van der Waals surface area contributed by atoms with Gasteiger partial charge < -0.3 is 10.3 Å². The topological polar surface area (TPSA) is 53.6 Å². The Morgan fingerprint density at radius 3 is 2.76 bits per heavy atom. The summed E-state index contributed by atoms with van der Waals surface area (Å²) in [5, 5.41) is 3.33. The number of halogens is 1. The van der Waals surface area contributed by atoms with Crippen LogP contribution in [0, 0.1) is 5.82 Å². The Balaban J connectivity index is 2.04. The van der Waals surface area contributed by atoms with Crippen LogP contribution in [-0.2, 0) is 0 Å². The van der Waals surface area contributed by atoms with Crippen LogP contribution in [0.1, 0.15) is 37.3 Å². The van der Waals surface area contributed by atoms with Crippen LogP contribution in [0.15, 0.2) is 30.9 Å². The molecule has 0 aliphatic rings. The SMILES string of the molecule is CC(NC(C)c1ncc[nH]1)c1cncc(F)c1. The van der Waals surface area contributed by atoms with E-state index in [9.17, 15) is 4.39 Å². The third-order valence-corrected chi connectivity index (χ3v) is 2.66. The molecule has 0 aliphatic heterocycles. The number of H-pyrrole nitrogens is 1. The summed E-state index contributed by atoms with van der Waals surface area (Å²) in [7, 11) is 0. The molecule has 5 heteroatoms. The van der Waals surface area contributed by atoms with Gasteiger partial charge in [-0.05, 0) is 25.5 Å². The van der Waals surface area contributed by atoms with Crippen LogP contribution in [-0.4, -0.2) is 15.0 Å². The fraction of sp³-hybridized carbons (Fsp3) is 0.333. The van der Waals surface area contributed by atoms with E-state index in [0.29, 0.717) is 0 Å². The van der Waals surface area contributed by atoms with Crippen LogP contribution in [0.25, 0.3) is 0 Å². The molecular weight excluding hydrogens is 219 g/mol. The molecule has 4 nitrogen and oxygen atoms in total. The molecule has 90 valence electrons. The average Bonchev–Trinajstić information content (AvgIpc) is 2.82. The molecule has 2 heterocycles. The van der Waals surface area contributed by atoms with E-state index in [1.54, 1.807) is 18.6 Å². The van der Waals surface area contributed by atoms with Gasteiger partial charge in [0.25, 0.3) is 0 Å². The molecule has 0 spiro atoms. The summed E-state index contributed by atoms with van der Waals surface area (Å²) in [4.78, 5) is 11.1. The van der Waals surface area contributed by atoms with Crippen LogP contribution in [0.2, 0.25) is 0 Å². The highest BCUT2D eigenvalue weighted by atomic mass is 19.1. The average molecular weight is 234 g/mol. The monoisotopic (exact) mass is 234 g/mol. The maximum absolute atomic E-state index is 13.0. The fourth-order valence-corrected chi connectivity index (χ4v) is 1.73. The number of imidazole rings is 1. The number of nitrogens with one attached hydrogen (secondary N) is 2. The minimum absolute atomic E-state index is 0.0123. The zero-order valence-electron chi connectivity index (χ0n) is 9.81. The van der Waals surface area contributed by atoms with Crippen LogP contribution in [0.4, 0.5) is 4.39 Å². The van der Waals surface area contributed by atoms with Crippen LogP contribution in [0.3, 0.4) is 0 Å². The molecule has 0 saturated carbocycles. The third kappa shape index (κ3) is 2.88. The van der Waals surface area contributed by atoms with Gasteiger partial charge in [-0.1, -0.05) is 0 Å². The predicted molar refractivity (Wildman–Crippen MR) is 62.7 cm³/mol. The highest BCUT2D eigenvalue weighted by Gasteiger charge is 2.13. The van der Waals surface area contributed by atoms with E-state index in [-0.39, 0.29) is 17.9 Å². The molecule has 17 heavy (non-hydrogen) atoms.